The Hall–Kier alpha value is -2.56. The molecule has 1 saturated heterocycles. The summed E-state index contributed by atoms with van der Waals surface area (Å²) in [6.07, 6.45) is 0. The summed E-state index contributed by atoms with van der Waals surface area (Å²) in [4.78, 5) is 16.2. The van der Waals surface area contributed by atoms with E-state index in [1.165, 1.54) is 6.07 Å². The van der Waals surface area contributed by atoms with Crippen LogP contribution < -0.4 is 9.64 Å². The van der Waals surface area contributed by atoms with E-state index in [9.17, 15) is 9.18 Å². The van der Waals surface area contributed by atoms with Crippen LogP contribution in [0, 0.1) is 19.7 Å². The molecule has 1 aliphatic rings. The maximum absolute atomic E-state index is 13.9. The molecule has 0 saturated carbocycles. The first-order chi connectivity index (χ1) is 12.1. The van der Waals surface area contributed by atoms with Crippen LogP contribution in [0.5, 0.6) is 5.75 Å². The highest BCUT2D eigenvalue weighted by molar-refractivity contribution is 5.78. The topological polar surface area (TPSA) is 32.8 Å². The molecule has 0 aromatic heterocycles. The van der Waals surface area contributed by atoms with Crippen LogP contribution in [0.1, 0.15) is 11.1 Å². The summed E-state index contributed by atoms with van der Waals surface area (Å²) < 4.78 is 19.6. The zero-order valence-corrected chi connectivity index (χ0v) is 14.7. The Morgan fingerprint density at radius 3 is 2.28 bits per heavy atom. The highest BCUT2D eigenvalue weighted by atomic mass is 19.1. The van der Waals surface area contributed by atoms with E-state index >= 15 is 0 Å². The van der Waals surface area contributed by atoms with Gasteiger partial charge in [0.05, 0.1) is 5.69 Å². The number of benzene rings is 2. The molecule has 0 atom stereocenters. The van der Waals surface area contributed by atoms with Crippen molar-refractivity contribution in [3.8, 4) is 5.75 Å². The third-order valence-corrected chi connectivity index (χ3v) is 4.57. The van der Waals surface area contributed by atoms with E-state index in [1.54, 1.807) is 17.0 Å². The smallest absolute Gasteiger partial charge is 0.260 e. The summed E-state index contributed by atoms with van der Waals surface area (Å²) in [5.41, 5.74) is 2.65. The van der Waals surface area contributed by atoms with Crippen molar-refractivity contribution in [2.45, 2.75) is 13.8 Å². The van der Waals surface area contributed by atoms with Gasteiger partial charge in [-0.25, -0.2) is 4.39 Å². The van der Waals surface area contributed by atoms with Crippen molar-refractivity contribution in [1.82, 2.24) is 4.90 Å². The van der Waals surface area contributed by atoms with E-state index in [4.69, 9.17) is 4.74 Å². The first kappa shape index (κ1) is 17.3. The molecule has 0 radical (unpaired) electrons. The van der Waals surface area contributed by atoms with Crippen LogP contribution in [0.2, 0.25) is 0 Å². The van der Waals surface area contributed by atoms with Gasteiger partial charge in [0.1, 0.15) is 11.6 Å². The third-order valence-electron chi connectivity index (χ3n) is 4.57. The molecule has 4 nitrogen and oxygen atoms in total. The van der Waals surface area contributed by atoms with Gasteiger partial charge in [0.2, 0.25) is 0 Å². The number of anilines is 1. The van der Waals surface area contributed by atoms with Gasteiger partial charge < -0.3 is 14.5 Å². The lowest BCUT2D eigenvalue weighted by atomic mass is 10.1. The largest absolute Gasteiger partial charge is 0.483 e. The van der Waals surface area contributed by atoms with Crippen molar-refractivity contribution in [3.05, 3.63) is 59.4 Å². The lowest BCUT2D eigenvalue weighted by Crippen LogP contribution is -2.50. The maximum Gasteiger partial charge on any atom is 0.260 e. The van der Waals surface area contributed by atoms with Gasteiger partial charge >= 0.3 is 0 Å². The second kappa shape index (κ2) is 7.55. The minimum absolute atomic E-state index is 0.0316. The lowest BCUT2D eigenvalue weighted by molar-refractivity contribution is -0.133. The van der Waals surface area contributed by atoms with Gasteiger partial charge in [-0.05, 0) is 37.1 Å². The number of nitrogens with zero attached hydrogens (tertiary/aromatic N) is 2. The fraction of sp³-hybridized carbons (Fsp3) is 0.350. The Labute approximate surface area is 147 Å². The number of halogens is 1. The Morgan fingerprint density at radius 1 is 1.00 bits per heavy atom. The molecular formula is C20H23FN2O2. The molecule has 1 fully saturated rings. The van der Waals surface area contributed by atoms with Crippen LogP contribution in [0.25, 0.3) is 0 Å². The van der Waals surface area contributed by atoms with Crippen molar-refractivity contribution in [2.24, 2.45) is 0 Å². The van der Waals surface area contributed by atoms with E-state index in [0.29, 0.717) is 31.9 Å². The van der Waals surface area contributed by atoms with Crippen molar-refractivity contribution < 1.29 is 13.9 Å². The number of rotatable bonds is 4. The summed E-state index contributed by atoms with van der Waals surface area (Å²) in [6.45, 7) is 6.37. The molecule has 0 aliphatic carbocycles. The average Bonchev–Trinajstić information content (AvgIpc) is 2.62. The number of aryl methyl sites for hydroxylation is 2. The van der Waals surface area contributed by atoms with E-state index in [0.717, 1.165) is 16.9 Å². The lowest BCUT2D eigenvalue weighted by Gasteiger charge is -2.36. The van der Waals surface area contributed by atoms with Crippen LogP contribution in [0.15, 0.2) is 42.5 Å². The number of para-hydroxylation sites is 2. The quantitative estimate of drug-likeness (QED) is 0.856. The molecule has 0 N–H and O–H groups in total. The standard InChI is InChI=1S/C20H23FN2O2/c1-15-6-5-7-16(2)20(15)25-14-19(24)23-12-10-22(11-13-23)18-9-4-3-8-17(18)21/h3-9H,10-14H2,1-2H3. The second-order valence-electron chi connectivity index (χ2n) is 6.33. The summed E-state index contributed by atoms with van der Waals surface area (Å²) in [5, 5.41) is 0. The Balaban J connectivity index is 1.54. The molecule has 25 heavy (non-hydrogen) atoms. The molecule has 0 unspecified atom stereocenters. The Kier molecular flexibility index (Phi) is 5.22. The zero-order chi connectivity index (χ0) is 17.8. The fourth-order valence-electron chi connectivity index (χ4n) is 3.16. The normalized spacial score (nSPS) is 14.5. The van der Waals surface area contributed by atoms with Crippen molar-refractivity contribution in [1.29, 1.82) is 0 Å². The molecule has 1 amide bonds. The highest BCUT2D eigenvalue weighted by Gasteiger charge is 2.23. The molecule has 2 aromatic carbocycles. The average molecular weight is 342 g/mol. The SMILES string of the molecule is Cc1cccc(C)c1OCC(=O)N1CCN(c2ccccc2F)CC1. The first-order valence-corrected chi connectivity index (χ1v) is 8.52. The monoisotopic (exact) mass is 342 g/mol. The number of amides is 1. The van der Waals surface area contributed by atoms with Gasteiger partial charge in [-0.1, -0.05) is 30.3 Å². The van der Waals surface area contributed by atoms with Crippen molar-refractivity contribution in [3.63, 3.8) is 0 Å². The Bertz CT molecular complexity index is 735. The van der Waals surface area contributed by atoms with Gasteiger partial charge in [-0.15, -0.1) is 0 Å². The van der Waals surface area contributed by atoms with Crippen LogP contribution in [-0.4, -0.2) is 43.6 Å². The zero-order valence-electron chi connectivity index (χ0n) is 14.7. The summed E-state index contributed by atoms with van der Waals surface area (Å²) >= 11 is 0. The molecular weight excluding hydrogens is 319 g/mol. The Morgan fingerprint density at radius 2 is 1.64 bits per heavy atom. The predicted molar refractivity (Wildman–Crippen MR) is 96.6 cm³/mol. The first-order valence-electron chi connectivity index (χ1n) is 8.52. The van der Waals surface area contributed by atoms with Gasteiger partial charge in [0.25, 0.3) is 5.91 Å². The van der Waals surface area contributed by atoms with Crippen LogP contribution in [-0.2, 0) is 4.79 Å². The van der Waals surface area contributed by atoms with E-state index in [2.05, 4.69) is 0 Å². The third kappa shape index (κ3) is 3.92. The van der Waals surface area contributed by atoms with Crippen LogP contribution >= 0.6 is 0 Å². The minimum atomic E-state index is -0.222. The van der Waals surface area contributed by atoms with Crippen molar-refractivity contribution >= 4 is 11.6 Å². The van der Waals surface area contributed by atoms with Gasteiger partial charge in [0, 0.05) is 26.2 Å². The summed E-state index contributed by atoms with van der Waals surface area (Å²) in [5.74, 6) is 0.525. The molecule has 0 bridgehead atoms. The molecule has 3 rings (SSSR count). The van der Waals surface area contributed by atoms with Gasteiger partial charge in [-0.3, -0.25) is 4.79 Å². The molecule has 2 aromatic rings. The number of hydrogen-bond acceptors (Lipinski definition) is 3. The number of piperazine rings is 1. The summed E-state index contributed by atoms with van der Waals surface area (Å²) in [7, 11) is 0. The molecule has 0 spiro atoms. The molecule has 1 heterocycles. The number of carbonyl (C=O) groups excluding carboxylic acids is 1. The van der Waals surface area contributed by atoms with E-state index < -0.39 is 0 Å². The van der Waals surface area contributed by atoms with Gasteiger partial charge in [0.15, 0.2) is 6.61 Å². The molecule has 1 aliphatic heterocycles. The summed E-state index contributed by atoms with van der Waals surface area (Å²) in [6, 6.07) is 12.7. The van der Waals surface area contributed by atoms with E-state index in [1.807, 2.05) is 43.0 Å². The number of hydrogen-bond donors (Lipinski definition) is 0. The minimum Gasteiger partial charge on any atom is -0.483 e. The fourth-order valence-corrected chi connectivity index (χ4v) is 3.16. The predicted octanol–water partition coefficient (Wildman–Crippen LogP) is 3.17. The highest BCUT2D eigenvalue weighted by Crippen LogP contribution is 2.23. The number of ether oxygens (including phenoxy) is 1. The molecule has 132 valence electrons. The van der Waals surface area contributed by atoms with Crippen LogP contribution in [0.3, 0.4) is 0 Å². The second-order valence-corrected chi connectivity index (χ2v) is 6.33. The van der Waals surface area contributed by atoms with Crippen LogP contribution in [0.4, 0.5) is 10.1 Å². The van der Waals surface area contributed by atoms with E-state index in [-0.39, 0.29) is 18.3 Å². The number of carbonyl (C=O) groups is 1. The maximum atomic E-state index is 13.9. The van der Waals surface area contributed by atoms with Gasteiger partial charge in [-0.2, -0.15) is 0 Å². The molecule has 5 heteroatoms. The van der Waals surface area contributed by atoms with Crippen molar-refractivity contribution in [2.75, 3.05) is 37.7 Å².